The topological polar surface area (TPSA) is 81.2 Å². The van der Waals surface area contributed by atoms with Crippen molar-refractivity contribution in [3.8, 4) is 0 Å². The molecule has 6 heteroatoms. The van der Waals surface area contributed by atoms with Crippen LogP contribution in [0.1, 0.15) is 13.8 Å². The number of halogens is 1. The molecule has 0 aliphatic carbocycles. The van der Waals surface area contributed by atoms with Crippen LogP contribution in [0.2, 0.25) is 5.02 Å². The van der Waals surface area contributed by atoms with Crippen molar-refractivity contribution in [1.82, 2.24) is 0 Å². The SMILES string of the molecule is CC(C)(CN)CNc1ccc([N+](=O)[O-])cc1Cl. The second-order valence-corrected chi connectivity index (χ2v) is 5.05. The summed E-state index contributed by atoms with van der Waals surface area (Å²) in [5, 5.41) is 14.0. The van der Waals surface area contributed by atoms with Crippen LogP contribution in [-0.2, 0) is 0 Å². The van der Waals surface area contributed by atoms with Gasteiger partial charge in [0.1, 0.15) is 0 Å². The van der Waals surface area contributed by atoms with Crippen LogP contribution in [0.5, 0.6) is 0 Å². The maximum Gasteiger partial charge on any atom is 0.271 e. The maximum absolute atomic E-state index is 10.5. The Kier molecular flexibility index (Phi) is 4.31. The number of nitrogens with one attached hydrogen (secondary N) is 1. The van der Waals surface area contributed by atoms with Gasteiger partial charge in [-0.15, -0.1) is 0 Å². The van der Waals surface area contributed by atoms with Gasteiger partial charge in [0.25, 0.3) is 5.69 Å². The average molecular weight is 258 g/mol. The highest BCUT2D eigenvalue weighted by Crippen LogP contribution is 2.27. The van der Waals surface area contributed by atoms with Gasteiger partial charge in [-0.1, -0.05) is 25.4 Å². The molecule has 3 N–H and O–H groups in total. The zero-order valence-electron chi connectivity index (χ0n) is 9.87. The molecule has 94 valence electrons. The zero-order valence-corrected chi connectivity index (χ0v) is 10.6. The molecular weight excluding hydrogens is 242 g/mol. The van der Waals surface area contributed by atoms with E-state index in [1.165, 1.54) is 12.1 Å². The standard InChI is InChI=1S/C11H16ClN3O2/c1-11(2,6-13)7-14-10-4-3-8(15(16)17)5-9(10)12/h3-5,14H,6-7,13H2,1-2H3. The van der Waals surface area contributed by atoms with Crippen molar-refractivity contribution < 1.29 is 4.92 Å². The largest absolute Gasteiger partial charge is 0.383 e. The van der Waals surface area contributed by atoms with E-state index in [-0.39, 0.29) is 11.1 Å². The first-order valence-corrected chi connectivity index (χ1v) is 5.61. The molecular formula is C11H16ClN3O2. The summed E-state index contributed by atoms with van der Waals surface area (Å²) in [5.74, 6) is 0. The molecule has 1 aromatic rings. The molecule has 0 aromatic heterocycles. The fourth-order valence-corrected chi connectivity index (χ4v) is 1.41. The van der Waals surface area contributed by atoms with Gasteiger partial charge in [-0.2, -0.15) is 0 Å². The summed E-state index contributed by atoms with van der Waals surface area (Å²) in [5.41, 5.74) is 6.22. The number of benzene rings is 1. The molecule has 0 unspecified atom stereocenters. The molecule has 0 atom stereocenters. The third kappa shape index (κ3) is 3.87. The minimum Gasteiger partial charge on any atom is -0.383 e. The molecule has 0 saturated carbocycles. The van der Waals surface area contributed by atoms with Gasteiger partial charge in [-0.3, -0.25) is 10.1 Å². The number of hydrogen-bond donors (Lipinski definition) is 2. The quantitative estimate of drug-likeness (QED) is 0.628. The van der Waals surface area contributed by atoms with E-state index in [0.29, 0.717) is 23.8 Å². The zero-order chi connectivity index (χ0) is 13.1. The van der Waals surface area contributed by atoms with Gasteiger partial charge in [0, 0.05) is 18.7 Å². The second kappa shape index (κ2) is 5.33. The second-order valence-electron chi connectivity index (χ2n) is 4.64. The van der Waals surface area contributed by atoms with Crippen LogP contribution in [0.25, 0.3) is 0 Å². The summed E-state index contributed by atoms with van der Waals surface area (Å²) in [4.78, 5) is 10.1. The molecule has 1 rings (SSSR count). The Balaban J connectivity index is 2.77. The summed E-state index contributed by atoms with van der Waals surface area (Å²) < 4.78 is 0. The van der Waals surface area contributed by atoms with Gasteiger partial charge >= 0.3 is 0 Å². The van der Waals surface area contributed by atoms with E-state index in [4.69, 9.17) is 17.3 Å². The maximum atomic E-state index is 10.5. The smallest absolute Gasteiger partial charge is 0.271 e. The molecule has 0 spiro atoms. The summed E-state index contributed by atoms with van der Waals surface area (Å²) in [6, 6.07) is 4.36. The third-order valence-corrected chi connectivity index (χ3v) is 2.79. The molecule has 5 nitrogen and oxygen atoms in total. The molecule has 0 heterocycles. The Labute approximate surface area is 105 Å². The third-order valence-electron chi connectivity index (χ3n) is 2.47. The van der Waals surface area contributed by atoms with Crippen molar-refractivity contribution in [2.24, 2.45) is 11.1 Å². The van der Waals surface area contributed by atoms with Gasteiger partial charge < -0.3 is 11.1 Å². The molecule has 0 bridgehead atoms. The number of nitro benzene ring substituents is 1. The Morgan fingerprint density at radius 2 is 2.18 bits per heavy atom. The molecule has 0 aliphatic rings. The summed E-state index contributed by atoms with van der Waals surface area (Å²) in [7, 11) is 0. The van der Waals surface area contributed by atoms with Crippen molar-refractivity contribution in [2.75, 3.05) is 18.4 Å². The lowest BCUT2D eigenvalue weighted by Gasteiger charge is -2.23. The number of nitrogens with zero attached hydrogens (tertiary/aromatic N) is 1. The molecule has 0 radical (unpaired) electrons. The number of nitro groups is 1. The highest BCUT2D eigenvalue weighted by Gasteiger charge is 2.16. The number of anilines is 1. The van der Waals surface area contributed by atoms with Gasteiger partial charge in [0.15, 0.2) is 0 Å². The van der Waals surface area contributed by atoms with E-state index in [2.05, 4.69) is 5.32 Å². The van der Waals surface area contributed by atoms with Gasteiger partial charge in [0.2, 0.25) is 0 Å². The van der Waals surface area contributed by atoms with Crippen LogP contribution in [0.3, 0.4) is 0 Å². The lowest BCUT2D eigenvalue weighted by atomic mass is 9.94. The lowest BCUT2D eigenvalue weighted by molar-refractivity contribution is -0.384. The fraction of sp³-hybridized carbons (Fsp3) is 0.455. The highest BCUT2D eigenvalue weighted by molar-refractivity contribution is 6.33. The van der Waals surface area contributed by atoms with Gasteiger partial charge in [-0.25, -0.2) is 0 Å². The number of hydrogen-bond acceptors (Lipinski definition) is 4. The van der Waals surface area contributed by atoms with Crippen LogP contribution >= 0.6 is 11.6 Å². The Bertz CT molecular complexity index is 421. The van der Waals surface area contributed by atoms with Crippen LogP contribution in [0.15, 0.2) is 18.2 Å². The van der Waals surface area contributed by atoms with E-state index in [9.17, 15) is 10.1 Å². The summed E-state index contributed by atoms with van der Waals surface area (Å²) in [6.45, 7) is 5.25. The van der Waals surface area contributed by atoms with Crippen molar-refractivity contribution in [3.63, 3.8) is 0 Å². The van der Waals surface area contributed by atoms with Crippen molar-refractivity contribution >= 4 is 23.0 Å². The van der Waals surface area contributed by atoms with Gasteiger partial charge in [0.05, 0.1) is 15.6 Å². The molecule has 0 aliphatic heterocycles. The van der Waals surface area contributed by atoms with Crippen LogP contribution in [0.4, 0.5) is 11.4 Å². The predicted octanol–water partition coefficient (Wildman–Crippen LogP) is 2.65. The van der Waals surface area contributed by atoms with E-state index in [1.807, 2.05) is 13.8 Å². The van der Waals surface area contributed by atoms with Gasteiger partial charge in [-0.05, 0) is 18.0 Å². The van der Waals surface area contributed by atoms with Crippen molar-refractivity contribution in [2.45, 2.75) is 13.8 Å². The molecule has 0 fully saturated rings. The predicted molar refractivity (Wildman–Crippen MR) is 69.4 cm³/mol. The number of rotatable bonds is 5. The first-order chi connectivity index (χ1) is 7.85. The minimum atomic E-state index is -0.473. The van der Waals surface area contributed by atoms with Crippen LogP contribution < -0.4 is 11.1 Å². The fourth-order valence-electron chi connectivity index (χ4n) is 1.17. The summed E-state index contributed by atoms with van der Waals surface area (Å²) in [6.07, 6.45) is 0. The molecule has 0 amide bonds. The first-order valence-electron chi connectivity index (χ1n) is 5.23. The molecule has 0 saturated heterocycles. The van der Waals surface area contributed by atoms with E-state index in [0.717, 1.165) is 0 Å². The summed E-state index contributed by atoms with van der Waals surface area (Å²) >= 11 is 5.95. The van der Waals surface area contributed by atoms with E-state index < -0.39 is 4.92 Å². The Morgan fingerprint density at radius 1 is 1.53 bits per heavy atom. The lowest BCUT2D eigenvalue weighted by Crippen LogP contribution is -2.31. The van der Waals surface area contributed by atoms with E-state index in [1.54, 1.807) is 6.07 Å². The van der Waals surface area contributed by atoms with Crippen LogP contribution in [-0.4, -0.2) is 18.0 Å². The van der Waals surface area contributed by atoms with Crippen molar-refractivity contribution in [1.29, 1.82) is 0 Å². The van der Waals surface area contributed by atoms with Crippen LogP contribution in [0, 0.1) is 15.5 Å². The Morgan fingerprint density at radius 3 is 2.65 bits per heavy atom. The number of non-ortho nitro benzene ring substituents is 1. The molecule has 1 aromatic carbocycles. The minimum absolute atomic E-state index is 0.0152. The monoisotopic (exact) mass is 257 g/mol. The highest BCUT2D eigenvalue weighted by atomic mass is 35.5. The molecule has 17 heavy (non-hydrogen) atoms. The van der Waals surface area contributed by atoms with Crippen molar-refractivity contribution in [3.05, 3.63) is 33.3 Å². The first kappa shape index (κ1) is 13.7. The average Bonchev–Trinajstić information content (AvgIpc) is 2.27. The number of nitrogens with two attached hydrogens (primary N) is 1. The normalized spacial score (nSPS) is 11.3. The Hall–Kier alpha value is -1.33. The van der Waals surface area contributed by atoms with E-state index >= 15 is 0 Å².